The summed E-state index contributed by atoms with van der Waals surface area (Å²) >= 11 is 0. The Bertz CT molecular complexity index is 942. The third-order valence-corrected chi connectivity index (χ3v) is 4.90. The average Bonchev–Trinajstić information content (AvgIpc) is 2.72. The van der Waals surface area contributed by atoms with Crippen molar-refractivity contribution in [2.75, 3.05) is 24.3 Å². The van der Waals surface area contributed by atoms with Crippen LogP contribution in [0.5, 0.6) is 0 Å². The number of nitrogens with one attached hydrogen (secondary N) is 1. The monoisotopic (exact) mass is 413 g/mol. The van der Waals surface area contributed by atoms with Crippen molar-refractivity contribution in [2.45, 2.75) is 39.2 Å². The van der Waals surface area contributed by atoms with Crippen LogP contribution in [0, 0.1) is 10.1 Å². The van der Waals surface area contributed by atoms with Gasteiger partial charge in [0, 0.05) is 25.8 Å². The number of nitro groups is 1. The second-order valence-electron chi connectivity index (χ2n) is 7.29. The number of ether oxygens (including phenoxy) is 1. The summed E-state index contributed by atoms with van der Waals surface area (Å²) in [6.07, 6.45) is -0.158. The zero-order valence-corrected chi connectivity index (χ0v) is 17.8. The van der Waals surface area contributed by atoms with E-state index in [2.05, 4.69) is 19.2 Å². The predicted molar refractivity (Wildman–Crippen MR) is 116 cm³/mol. The molecule has 0 fully saturated rings. The van der Waals surface area contributed by atoms with Crippen LogP contribution in [0.1, 0.15) is 49.0 Å². The summed E-state index contributed by atoms with van der Waals surface area (Å²) in [5, 5.41) is 14.1. The smallest absolute Gasteiger partial charge is 0.339 e. The van der Waals surface area contributed by atoms with Crippen molar-refractivity contribution < 1.29 is 19.2 Å². The molecule has 0 radical (unpaired) electrons. The molecule has 8 heteroatoms. The lowest BCUT2D eigenvalue weighted by Crippen LogP contribution is -2.30. The number of nitrogens with zero attached hydrogens (tertiary/aromatic N) is 2. The van der Waals surface area contributed by atoms with Crippen molar-refractivity contribution in [1.82, 2.24) is 0 Å². The molecule has 0 heterocycles. The first-order valence-electron chi connectivity index (χ1n) is 9.72. The first kappa shape index (κ1) is 22.9. The van der Waals surface area contributed by atoms with Crippen molar-refractivity contribution in [1.29, 1.82) is 0 Å². The number of nitro benzene ring substituents is 1. The van der Waals surface area contributed by atoms with Gasteiger partial charge in [0.05, 0.1) is 10.5 Å². The third-order valence-electron chi connectivity index (χ3n) is 4.90. The van der Waals surface area contributed by atoms with Gasteiger partial charge in [-0.2, -0.15) is 0 Å². The molecule has 0 saturated heterocycles. The van der Waals surface area contributed by atoms with Gasteiger partial charge in [0.2, 0.25) is 0 Å². The Labute approximate surface area is 176 Å². The van der Waals surface area contributed by atoms with E-state index in [1.807, 2.05) is 18.2 Å². The lowest BCUT2D eigenvalue weighted by molar-refractivity contribution is -0.384. The van der Waals surface area contributed by atoms with Gasteiger partial charge in [-0.05, 0) is 43.0 Å². The normalized spacial score (nSPS) is 12.6. The standard InChI is InChI=1S/C22H27N3O5/c1-6-14(2)17-9-7-8-10-18(17)23-21(26)15(3)30-22(27)16-11-12-19(24(4)5)20(13-16)25(28)29/h7-15H,6H2,1-5H3,(H,23,26)/t14-,15-/m1/s1. The van der Waals surface area contributed by atoms with Gasteiger partial charge < -0.3 is 15.0 Å². The minimum atomic E-state index is -1.07. The molecule has 8 nitrogen and oxygen atoms in total. The van der Waals surface area contributed by atoms with Gasteiger partial charge in [-0.1, -0.05) is 32.0 Å². The number of amides is 1. The van der Waals surface area contributed by atoms with E-state index in [4.69, 9.17) is 4.74 Å². The van der Waals surface area contributed by atoms with E-state index in [1.54, 1.807) is 25.1 Å². The van der Waals surface area contributed by atoms with Crippen LogP contribution >= 0.6 is 0 Å². The number of benzene rings is 2. The lowest BCUT2D eigenvalue weighted by Gasteiger charge is -2.18. The van der Waals surface area contributed by atoms with Crippen LogP contribution in [-0.2, 0) is 9.53 Å². The number of hydrogen-bond acceptors (Lipinski definition) is 6. The van der Waals surface area contributed by atoms with Crippen molar-refractivity contribution in [3.05, 3.63) is 63.7 Å². The minimum Gasteiger partial charge on any atom is -0.449 e. The number of carbonyl (C=O) groups excluding carboxylic acids is 2. The van der Waals surface area contributed by atoms with Crippen LogP contribution in [0.15, 0.2) is 42.5 Å². The van der Waals surface area contributed by atoms with E-state index in [-0.39, 0.29) is 17.2 Å². The molecule has 2 aromatic carbocycles. The molecule has 2 aromatic rings. The number of carbonyl (C=O) groups is 2. The van der Waals surface area contributed by atoms with Gasteiger partial charge in [0.1, 0.15) is 5.69 Å². The van der Waals surface area contributed by atoms with Crippen molar-refractivity contribution in [3.8, 4) is 0 Å². The van der Waals surface area contributed by atoms with Crippen molar-refractivity contribution in [3.63, 3.8) is 0 Å². The highest BCUT2D eigenvalue weighted by Gasteiger charge is 2.23. The summed E-state index contributed by atoms with van der Waals surface area (Å²) in [5.74, 6) is -1.02. The maximum atomic E-state index is 12.6. The minimum absolute atomic E-state index is 0.00644. The molecule has 2 rings (SSSR count). The first-order chi connectivity index (χ1) is 14.1. The number of esters is 1. The highest BCUT2D eigenvalue weighted by molar-refractivity contribution is 5.98. The second-order valence-corrected chi connectivity index (χ2v) is 7.29. The summed E-state index contributed by atoms with van der Waals surface area (Å²) in [5.41, 5.74) is 1.83. The Hall–Kier alpha value is -3.42. The topological polar surface area (TPSA) is 102 Å². The Kier molecular flexibility index (Phi) is 7.52. The van der Waals surface area contributed by atoms with E-state index in [1.165, 1.54) is 19.1 Å². The quantitative estimate of drug-likeness (QED) is 0.392. The lowest BCUT2D eigenvalue weighted by atomic mass is 9.97. The average molecular weight is 413 g/mol. The largest absolute Gasteiger partial charge is 0.449 e. The molecule has 0 aromatic heterocycles. The summed E-state index contributed by atoms with van der Waals surface area (Å²) in [7, 11) is 3.34. The Balaban J connectivity index is 2.14. The molecule has 0 aliphatic heterocycles. The molecule has 0 bridgehead atoms. The Morgan fingerprint density at radius 1 is 1.17 bits per heavy atom. The molecule has 2 atom stereocenters. The fraction of sp³-hybridized carbons (Fsp3) is 0.364. The summed E-state index contributed by atoms with van der Waals surface area (Å²) in [6, 6.07) is 11.5. The molecule has 160 valence electrons. The molecule has 0 spiro atoms. The Morgan fingerprint density at radius 3 is 2.43 bits per heavy atom. The number of anilines is 2. The van der Waals surface area contributed by atoms with Crippen LogP contribution in [0.3, 0.4) is 0 Å². The van der Waals surface area contributed by atoms with Crippen LogP contribution in [0.25, 0.3) is 0 Å². The van der Waals surface area contributed by atoms with E-state index >= 15 is 0 Å². The zero-order chi connectivity index (χ0) is 22.4. The SMILES string of the molecule is CC[C@@H](C)c1ccccc1NC(=O)[C@@H](C)OC(=O)c1ccc(N(C)C)c([N+](=O)[O-])c1. The first-order valence-corrected chi connectivity index (χ1v) is 9.72. The van der Waals surface area contributed by atoms with Gasteiger partial charge in [-0.25, -0.2) is 4.79 Å². The molecule has 0 aliphatic carbocycles. The van der Waals surface area contributed by atoms with Gasteiger partial charge in [-0.3, -0.25) is 14.9 Å². The van der Waals surface area contributed by atoms with Crippen LogP contribution in [0.4, 0.5) is 17.1 Å². The van der Waals surface area contributed by atoms with Crippen LogP contribution < -0.4 is 10.2 Å². The molecule has 30 heavy (non-hydrogen) atoms. The van der Waals surface area contributed by atoms with Crippen molar-refractivity contribution >= 4 is 28.9 Å². The van der Waals surface area contributed by atoms with Crippen LogP contribution in [-0.4, -0.2) is 37.0 Å². The molecule has 1 N–H and O–H groups in total. The van der Waals surface area contributed by atoms with Gasteiger partial charge in [-0.15, -0.1) is 0 Å². The fourth-order valence-electron chi connectivity index (χ4n) is 2.95. The summed E-state index contributed by atoms with van der Waals surface area (Å²) in [4.78, 5) is 37.3. The van der Waals surface area contributed by atoms with E-state index in [9.17, 15) is 19.7 Å². The second kappa shape index (κ2) is 9.87. The molecular formula is C22H27N3O5. The summed E-state index contributed by atoms with van der Waals surface area (Å²) < 4.78 is 5.25. The maximum Gasteiger partial charge on any atom is 0.339 e. The van der Waals surface area contributed by atoms with Gasteiger partial charge >= 0.3 is 5.97 Å². The Morgan fingerprint density at radius 2 is 1.83 bits per heavy atom. The van der Waals surface area contributed by atoms with E-state index in [0.717, 1.165) is 18.1 Å². The molecular weight excluding hydrogens is 386 g/mol. The van der Waals surface area contributed by atoms with Gasteiger partial charge in [0.25, 0.3) is 11.6 Å². The maximum absolute atomic E-state index is 12.6. The highest BCUT2D eigenvalue weighted by Crippen LogP contribution is 2.29. The number of para-hydroxylation sites is 1. The fourth-order valence-corrected chi connectivity index (χ4v) is 2.95. The van der Waals surface area contributed by atoms with Crippen LogP contribution in [0.2, 0.25) is 0 Å². The molecule has 1 amide bonds. The highest BCUT2D eigenvalue weighted by atomic mass is 16.6. The van der Waals surface area contributed by atoms with Crippen molar-refractivity contribution in [2.24, 2.45) is 0 Å². The predicted octanol–water partition coefficient (Wildman–Crippen LogP) is 4.36. The van der Waals surface area contributed by atoms with E-state index in [0.29, 0.717) is 11.4 Å². The molecule has 0 aliphatic rings. The number of rotatable bonds is 8. The van der Waals surface area contributed by atoms with E-state index < -0.39 is 22.9 Å². The molecule has 0 unspecified atom stereocenters. The number of hydrogen-bond donors (Lipinski definition) is 1. The van der Waals surface area contributed by atoms with Gasteiger partial charge in [0.15, 0.2) is 6.10 Å². The third kappa shape index (κ3) is 5.34. The zero-order valence-electron chi connectivity index (χ0n) is 17.8. The summed E-state index contributed by atoms with van der Waals surface area (Å²) in [6.45, 7) is 5.59. The molecule has 0 saturated carbocycles.